The monoisotopic (exact) mass is 344 g/mol. The van der Waals surface area contributed by atoms with E-state index in [1.807, 2.05) is 6.08 Å². The maximum atomic E-state index is 11.9. The highest BCUT2D eigenvalue weighted by Crippen LogP contribution is 2.67. The third-order valence-electron chi connectivity index (χ3n) is 8.91. The highest BCUT2D eigenvalue weighted by Gasteiger charge is 2.61. The molecule has 4 aliphatic carbocycles. The Balaban J connectivity index is 1.69. The molecule has 1 N–H and O–H groups in total. The van der Waals surface area contributed by atoms with E-state index in [4.69, 9.17) is 0 Å². The molecule has 3 saturated carbocycles. The van der Waals surface area contributed by atoms with Crippen molar-refractivity contribution in [3.63, 3.8) is 0 Å². The molecule has 3 heteroatoms. The summed E-state index contributed by atoms with van der Waals surface area (Å²) >= 11 is 0. The molecule has 0 heterocycles. The van der Waals surface area contributed by atoms with E-state index in [1.54, 1.807) is 0 Å². The Morgan fingerprint density at radius 1 is 1.20 bits per heavy atom. The lowest BCUT2D eigenvalue weighted by Crippen LogP contribution is -2.55. The van der Waals surface area contributed by atoms with Crippen molar-refractivity contribution < 1.29 is 14.7 Å². The van der Waals surface area contributed by atoms with E-state index in [-0.39, 0.29) is 28.6 Å². The third-order valence-corrected chi connectivity index (χ3v) is 8.91. The fraction of sp³-hybridized carbons (Fsp3) is 0.818. The summed E-state index contributed by atoms with van der Waals surface area (Å²) in [6.45, 7) is 6.80. The van der Waals surface area contributed by atoms with Crippen molar-refractivity contribution in [2.24, 2.45) is 40.4 Å². The first-order valence-electron chi connectivity index (χ1n) is 10.2. The van der Waals surface area contributed by atoms with Crippen molar-refractivity contribution in [2.75, 3.05) is 0 Å². The summed E-state index contributed by atoms with van der Waals surface area (Å²) < 4.78 is 0. The highest BCUT2D eigenvalue weighted by molar-refractivity contribution is 5.91. The number of carbonyl (C=O) groups is 2. The lowest BCUT2D eigenvalue weighted by atomic mass is 9.46. The Labute approximate surface area is 151 Å². The van der Waals surface area contributed by atoms with E-state index in [9.17, 15) is 14.7 Å². The second-order valence-corrected chi connectivity index (χ2v) is 9.84. The number of carbonyl (C=O) groups excluding carboxylic acids is 2. The molecule has 8 atom stereocenters. The summed E-state index contributed by atoms with van der Waals surface area (Å²) in [5.41, 5.74) is 1.48. The predicted molar refractivity (Wildman–Crippen MR) is 96.8 cm³/mol. The number of aldehydes is 1. The van der Waals surface area contributed by atoms with E-state index >= 15 is 0 Å². The van der Waals surface area contributed by atoms with Crippen molar-refractivity contribution in [3.8, 4) is 0 Å². The molecule has 8 unspecified atom stereocenters. The lowest BCUT2D eigenvalue weighted by molar-refractivity contribution is -0.126. The molecular formula is C22H32O3. The number of hydrogen-bond acceptors (Lipinski definition) is 3. The van der Waals surface area contributed by atoms with Crippen LogP contribution in [-0.4, -0.2) is 23.3 Å². The van der Waals surface area contributed by atoms with Crippen LogP contribution < -0.4 is 0 Å². The minimum absolute atomic E-state index is 0.0908. The smallest absolute Gasteiger partial charge is 0.155 e. The maximum absolute atomic E-state index is 11.9. The minimum Gasteiger partial charge on any atom is -0.392 e. The van der Waals surface area contributed by atoms with Gasteiger partial charge in [-0.25, -0.2) is 0 Å². The zero-order valence-electron chi connectivity index (χ0n) is 15.8. The van der Waals surface area contributed by atoms with Crippen LogP contribution in [0.15, 0.2) is 11.6 Å². The van der Waals surface area contributed by atoms with Crippen LogP contribution in [0, 0.1) is 40.4 Å². The van der Waals surface area contributed by atoms with E-state index in [0.717, 1.165) is 38.4 Å². The van der Waals surface area contributed by atoms with Crippen molar-refractivity contribution in [1.29, 1.82) is 0 Å². The Morgan fingerprint density at radius 3 is 2.68 bits per heavy atom. The Kier molecular flexibility index (Phi) is 4.03. The van der Waals surface area contributed by atoms with Gasteiger partial charge in [-0.05, 0) is 79.1 Å². The standard InChI is InChI=1S/C22H32O3/c1-13(12-23)16-4-5-17-20-18(7-9-22(16,17)3)21(2)8-6-15(24)10-14(21)11-19(20)25/h10,12-13,16-20,25H,4-9,11H2,1-3H3. The molecule has 4 rings (SSSR count). The summed E-state index contributed by atoms with van der Waals surface area (Å²) in [7, 11) is 0. The van der Waals surface area contributed by atoms with Gasteiger partial charge in [0.2, 0.25) is 0 Å². The molecular weight excluding hydrogens is 312 g/mol. The van der Waals surface area contributed by atoms with Gasteiger partial charge in [-0.15, -0.1) is 0 Å². The van der Waals surface area contributed by atoms with E-state index in [0.29, 0.717) is 36.5 Å². The molecule has 0 aromatic carbocycles. The van der Waals surface area contributed by atoms with Crippen molar-refractivity contribution >= 4 is 12.1 Å². The Hall–Kier alpha value is -0.960. The fourth-order valence-electron chi connectivity index (χ4n) is 7.53. The van der Waals surface area contributed by atoms with Gasteiger partial charge in [-0.3, -0.25) is 4.79 Å². The Bertz CT molecular complexity index is 623. The zero-order valence-corrected chi connectivity index (χ0v) is 15.8. The predicted octanol–water partition coefficient (Wildman–Crippen LogP) is 3.94. The van der Waals surface area contributed by atoms with E-state index in [2.05, 4.69) is 20.8 Å². The van der Waals surface area contributed by atoms with Gasteiger partial charge >= 0.3 is 0 Å². The molecule has 0 bridgehead atoms. The fourth-order valence-corrected chi connectivity index (χ4v) is 7.53. The van der Waals surface area contributed by atoms with Crippen LogP contribution in [0.3, 0.4) is 0 Å². The third kappa shape index (κ3) is 2.34. The second kappa shape index (κ2) is 5.77. The first-order valence-corrected chi connectivity index (χ1v) is 10.2. The Morgan fingerprint density at radius 2 is 1.96 bits per heavy atom. The number of rotatable bonds is 2. The summed E-state index contributed by atoms with van der Waals surface area (Å²) in [5, 5.41) is 11.1. The quantitative estimate of drug-likeness (QED) is 0.772. The molecule has 0 amide bonds. The van der Waals surface area contributed by atoms with Gasteiger partial charge in [0, 0.05) is 12.3 Å². The van der Waals surface area contributed by atoms with Crippen molar-refractivity contribution in [1.82, 2.24) is 0 Å². The van der Waals surface area contributed by atoms with Gasteiger partial charge in [0.15, 0.2) is 5.78 Å². The SMILES string of the molecule is CC(C=O)C1CCC2C3C(O)CC4=CC(=O)CCC4(C)C3CCC12C. The molecule has 138 valence electrons. The normalized spacial score (nSPS) is 50.3. The van der Waals surface area contributed by atoms with Crippen LogP contribution in [0.5, 0.6) is 0 Å². The molecule has 0 spiro atoms. The first kappa shape index (κ1) is 17.5. The van der Waals surface area contributed by atoms with Crippen LogP contribution in [0.25, 0.3) is 0 Å². The van der Waals surface area contributed by atoms with Crippen molar-refractivity contribution in [3.05, 3.63) is 11.6 Å². The van der Waals surface area contributed by atoms with E-state index < -0.39 is 0 Å². The molecule has 0 aromatic rings. The number of aliphatic hydroxyl groups is 1. The lowest BCUT2D eigenvalue weighted by Gasteiger charge is -2.59. The molecule has 3 nitrogen and oxygen atoms in total. The topological polar surface area (TPSA) is 54.4 Å². The van der Waals surface area contributed by atoms with Gasteiger partial charge < -0.3 is 9.90 Å². The largest absolute Gasteiger partial charge is 0.392 e. The average Bonchev–Trinajstić information content (AvgIpc) is 2.93. The van der Waals surface area contributed by atoms with Gasteiger partial charge in [0.1, 0.15) is 6.29 Å². The number of aliphatic hydroxyl groups excluding tert-OH is 1. The second-order valence-electron chi connectivity index (χ2n) is 9.84. The summed E-state index contributed by atoms with van der Waals surface area (Å²) in [6.07, 6.45) is 9.48. The summed E-state index contributed by atoms with van der Waals surface area (Å²) in [5.74, 6) is 2.15. The number of fused-ring (bicyclic) bond motifs is 5. The first-order chi connectivity index (χ1) is 11.8. The summed E-state index contributed by atoms with van der Waals surface area (Å²) in [6, 6.07) is 0. The molecule has 0 radical (unpaired) electrons. The highest BCUT2D eigenvalue weighted by atomic mass is 16.3. The minimum atomic E-state index is -0.329. The number of hydrogen-bond donors (Lipinski definition) is 1. The zero-order chi connectivity index (χ0) is 18.0. The summed E-state index contributed by atoms with van der Waals surface area (Å²) in [4.78, 5) is 23.4. The maximum Gasteiger partial charge on any atom is 0.155 e. The van der Waals surface area contributed by atoms with Crippen LogP contribution in [0.1, 0.15) is 65.7 Å². The van der Waals surface area contributed by atoms with Gasteiger partial charge in [-0.2, -0.15) is 0 Å². The van der Waals surface area contributed by atoms with Gasteiger partial charge in [0.05, 0.1) is 6.10 Å². The molecule has 0 saturated heterocycles. The van der Waals surface area contributed by atoms with Crippen molar-refractivity contribution in [2.45, 2.75) is 71.8 Å². The molecule has 3 fully saturated rings. The molecule has 25 heavy (non-hydrogen) atoms. The van der Waals surface area contributed by atoms with Gasteiger partial charge in [-0.1, -0.05) is 26.3 Å². The average molecular weight is 344 g/mol. The van der Waals surface area contributed by atoms with Gasteiger partial charge in [0.25, 0.3) is 0 Å². The molecule has 0 aromatic heterocycles. The number of ketones is 1. The van der Waals surface area contributed by atoms with E-state index in [1.165, 1.54) is 5.57 Å². The van der Waals surface area contributed by atoms with Crippen LogP contribution in [0.2, 0.25) is 0 Å². The van der Waals surface area contributed by atoms with Crippen LogP contribution >= 0.6 is 0 Å². The van der Waals surface area contributed by atoms with Crippen LogP contribution in [-0.2, 0) is 9.59 Å². The van der Waals surface area contributed by atoms with Crippen LogP contribution in [0.4, 0.5) is 0 Å². The molecule has 0 aliphatic heterocycles. The molecule has 4 aliphatic rings.